The van der Waals surface area contributed by atoms with E-state index >= 15 is 0 Å². The van der Waals surface area contributed by atoms with Crippen LogP contribution in [0, 0.1) is 0 Å². The van der Waals surface area contributed by atoms with E-state index in [9.17, 15) is 4.79 Å². The van der Waals surface area contributed by atoms with Gasteiger partial charge in [-0.15, -0.1) is 24.0 Å². The molecule has 3 N–H and O–H groups in total. The van der Waals surface area contributed by atoms with Crippen molar-refractivity contribution in [3.8, 4) is 0 Å². The summed E-state index contributed by atoms with van der Waals surface area (Å²) in [5.74, 6) is 0.250. The normalized spacial score (nSPS) is 12.4. The van der Waals surface area contributed by atoms with Crippen LogP contribution in [0.2, 0.25) is 10.0 Å². The fourth-order valence-electron chi connectivity index (χ4n) is 2.32. The Morgan fingerprint density at radius 1 is 1.36 bits per heavy atom. The molecular weight excluding hydrogens is 474 g/mol. The number of hydrogen-bond acceptors (Lipinski definition) is 2. The topological polar surface area (TPSA) is 72.4 Å². The summed E-state index contributed by atoms with van der Waals surface area (Å²) in [4.78, 5) is 16.4. The highest BCUT2D eigenvalue weighted by Gasteiger charge is 2.11. The van der Waals surface area contributed by atoms with E-state index in [0.29, 0.717) is 22.2 Å². The van der Waals surface area contributed by atoms with Crippen LogP contribution in [0.3, 0.4) is 0 Å². The van der Waals surface area contributed by atoms with Gasteiger partial charge in [0.15, 0.2) is 5.96 Å². The first-order valence-corrected chi connectivity index (χ1v) is 8.37. The van der Waals surface area contributed by atoms with E-state index in [2.05, 4.69) is 10.3 Å². The summed E-state index contributed by atoms with van der Waals surface area (Å²) in [5.41, 5.74) is 7.34. The molecule has 5 nitrogen and oxygen atoms in total. The van der Waals surface area contributed by atoms with Crippen molar-refractivity contribution in [2.75, 3.05) is 0 Å². The van der Waals surface area contributed by atoms with Crippen molar-refractivity contribution < 1.29 is 0 Å². The molecule has 0 bridgehead atoms. The van der Waals surface area contributed by atoms with Gasteiger partial charge in [-0.1, -0.05) is 35.3 Å². The number of halogens is 3. The highest BCUT2D eigenvalue weighted by molar-refractivity contribution is 14.0. The average Bonchev–Trinajstić information content (AvgIpc) is 2.53. The third kappa shape index (κ3) is 5.90. The Kier molecular flexibility index (Phi) is 8.75. The van der Waals surface area contributed by atoms with Crippen molar-refractivity contribution in [2.45, 2.75) is 33.0 Å². The second-order valence-electron chi connectivity index (χ2n) is 5.36. The molecule has 2 aromatic rings. The smallest absolute Gasteiger partial charge is 0.255 e. The molecule has 0 fully saturated rings. The van der Waals surface area contributed by atoms with Gasteiger partial charge < -0.3 is 15.6 Å². The van der Waals surface area contributed by atoms with Crippen LogP contribution in [0.15, 0.2) is 46.3 Å². The van der Waals surface area contributed by atoms with E-state index in [1.54, 1.807) is 29.0 Å². The van der Waals surface area contributed by atoms with E-state index in [1.165, 1.54) is 0 Å². The third-order valence-corrected chi connectivity index (χ3v) is 4.22. The molecule has 0 amide bonds. The lowest BCUT2D eigenvalue weighted by Gasteiger charge is -2.16. The van der Waals surface area contributed by atoms with Crippen LogP contribution in [0.5, 0.6) is 0 Å². The minimum Gasteiger partial charge on any atom is -0.370 e. The molecule has 1 aromatic heterocycles. The lowest BCUT2D eigenvalue weighted by atomic mass is 10.1. The van der Waals surface area contributed by atoms with Gasteiger partial charge >= 0.3 is 0 Å². The quantitative estimate of drug-likeness (QED) is 0.375. The zero-order valence-electron chi connectivity index (χ0n) is 14.0. The Balaban J connectivity index is 0.00000312. The minimum atomic E-state index is -0.137. The third-order valence-electron chi connectivity index (χ3n) is 3.65. The number of nitrogens with one attached hydrogen (secondary N) is 1. The maximum Gasteiger partial charge on any atom is 0.255 e. The molecule has 8 heteroatoms. The minimum absolute atomic E-state index is 0. The monoisotopic (exact) mass is 494 g/mol. The van der Waals surface area contributed by atoms with Gasteiger partial charge in [0, 0.05) is 28.4 Å². The van der Waals surface area contributed by atoms with Gasteiger partial charge in [-0.3, -0.25) is 4.79 Å². The molecule has 1 heterocycles. The molecular formula is C17H21Cl2IN4O. The number of hydrogen-bond donors (Lipinski definition) is 2. The highest BCUT2D eigenvalue weighted by atomic mass is 127. The first kappa shape index (κ1) is 21.8. The van der Waals surface area contributed by atoms with Gasteiger partial charge in [-0.25, -0.2) is 4.99 Å². The Morgan fingerprint density at radius 2 is 2.08 bits per heavy atom. The summed E-state index contributed by atoms with van der Waals surface area (Å²) in [6.07, 6.45) is 1.75. The van der Waals surface area contributed by atoms with Crippen molar-refractivity contribution in [2.24, 2.45) is 10.7 Å². The van der Waals surface area contributed by atoms with E-state index in [0.717, 1.165) is 5.56 Å². The van der Waals surface area contributed by atoms with E-state index < -0.39 is 0 Å². The van der Waals surface area contributed by atoms with Crippen molar-refractivity contribution in [1.29, 1.82) is 0 Å². The summed E-state index contributed by atoms with van der Waals surface area (Å²) in [5, 5.41) is 4.20. The predicted octanol–water partition coefficient (Wildman–Crippen LogP) is 3.96. The van der Waals surface area contributed by atoms with Crippen LogP contribution >= 0.6 is 47.2 Å². The molecule has 0 aliphatic carbocycles. The maximum absolute atomic E-state index is 12.1. The van der Waals surface area contributed by atoms with Crippen LogP contribution in [-0.2, 0) is 13.1 Å². The molecule has 1 aromatic carbocycles. The molecule has 25 heavy (non-hydrogen) atoms. The van der Waals surface area contributed by atoms with Gasteiger partial charge in [0.25, 0.3) is 5.56 Å². The Labute approximate surface area is 174 Å². The highest BCUT2D eigenvalue weighted by Crippen LogP contribution is 2.25. The lowest BCUT2D eigenvalue weighted by molar-refractivity contribution is 0.702. The van der Waals surface area contributed by atoms with Crippen molar-refractivity contribution in [3.05, 3.63) is 68.1 Å². The molecule has 0 saturated carbocycles. The molecule has 1 unspecified atom stereocenters. The molecule has 0 aliphatic rings. The number of pyridine rings is 1. The standard InChI is InChI=1S/C17H20Cl2N4O.HI/c1-3-23-8-4-5-12(16(23)24)10-21-17(20)22-11(2)14-7-6-13(18)9-15(14)19;/h4-9,11H,3,10H2,1-2H3,(H3,20,21,22);1H. The molecule has 2 rings (SSSR count). The molecule has 136 valence electrons. The van der Waals surface area contributed by atoms with E-state index in [1.807, 2.05) is 26.0 Å². The second kappa shape index (κ2) is 10.0. The lowest BCUT2D eigenvalue weighted by Crippen LogP contribution is -2.34. The Bertz CT molecular complexity index is 807. The zero-order valence-corrected chi connectivity index (χ0v) is 17.8. The molecule has 0 aliphatic heterocycles. The first-order chi connectivity index (χ1) is 11.4. The van der Waals surface area contributed by atoms with Crippen molar-refractivity contribution >= 4 is 53.1 Å². The second-order valence-corrected chi connectivity index (χ2v) is 6.20. The average molecular weight is 495 g/mol. The van der Waals surface area contributed by atoms with Crippen LogP contribution in [0.1, 0.15) is 31.0 Å². The molecule has 0 radical (unpaired) electrons. The largest absolute Gasteiger partial charge is 0.370 e. The summed E-state index contributed by atoms with van der Waals surface area (Å²) in [6.45, 7) is 4.68. The van der Waals surface area contributed by atoms with Crippen LogP contribution in [0.4, 0.5) is 0 Å². The Hall–Kier alpha value is -1.25. The number of aliphatic imine (C=N–C) groups is 1. The number of nitrogens with zero attached hydrogens (tertiary/aromatic N) is 2. The molecule has 0 saturated heterocycles. The van der Waals surface area contributed by atoms with E-state index in [-0.39, 0.29) is 48.1 Å². The van der Waals surface area contributed by atoms with Gasteiger partial charge in [-0.05, 0) is 37.6 Å². The van der Waals surface area contributed by atoms with Gasteiger partial charge in [-0.2, -0.15) is 0 Å². The van der Waals surface area contributed by atoms with Crippen molar-refractivity contribution in [3.63, 3.8) is 0 Å². The van der Waals surface area contributed by atoms with Crippen LogP contribution in [0.25, 0.3) is 0 Å². The summed E-state index contributed by atoms with van der Waals surface area (Å²) < 4.78 is 1.63. The van der Waals surface area contributed by atoms with Gasteiger partial charge in [0.2, 0.25) is 0 Å². The summed E-state index contributed by atoms with van der Waals surface area (Å²) in [7, 11) is 0. The number of nitrogens with two attached hydrogens (primary N) is 1. The number of guanidine groups is 1. The maximum atomic E-state index is 12.1. The zero-order chi connectivity index (χ0) is 17.7. The Morgan fingerprint density at radius 3 is 2.72 bits per heavy atom. The summed E-state index contributed by atoms with van der Waals surface area (Å²) >= 11 is 12.1. The SMILES string of the molecule is CCn1cccc(CN=C(N)NC(C)c2ccc(Cl)cc2Cl)c1=O.I. The number of aromatic nitrogens is 1. The fraction of sp³-hybridized carbons (Fsp3) is 0.294. The van der Waals surface area contributed by atoms with Crippen molar-refractivity contribution in [1.82, 2.24) is 9.88 Å². The van der Waals surface area contributed by atoms with Gasteiger partial charge in [0.1, 0.15) is 0 Å². The number of rotatable bonds is 5. The number of benzene rings is 1. The number of aryl methyl sites for hydroxylation is 1. The van der Waals surface area contributed by atoms with E-state index in [4.69, 9.17) is 28.9 Å². The van der Waals surface area contributed by atoms with Crippen LogP contribution in [-0.4, -0.2) is 10.5 Å². The summed E-state index contributed by atoms with van der Waals surface area (Å²) in [6, 6.07) is 8.74. The van der Waals surface area contributed by atoms with Gasteiger partial charge in [0.05, 0.1) is 12.6 Å². The fourth-order valence-corrected chi connectivity index (χ4v) is 2.90. The molecule has 0 spiro atoms. The first-order valence-electron chi connectivity index (χ1n) is 7.62. The van der Waals surface area contributed by atoms with Crippen LogP contribution < -0.4 is 16.6 Å². The molecule has 1 atom stereocenters. The predicted molar refractivity (Wildman–Crippen MR) is 115 cm³/mol.